The molecule has 0 bridgehead atoms. The number of rotatable bonds is 5. The normalized spacial score (nSPS) is 13.9. The average molecular weight is 418 g/mol. The van der Waals surface area contributed by atoms with Crippen LogP contribution in [-0.4, -0.2) is 22.8 Å². The summed E-state index contributed by atoms with van der Waals surface area (Å²) in [6, 6.07) is 14.5. The highest BCUT2D eigenvalue weighted by Gasteiger charge is 2.25. The first kappa shape index (κ1) is 20.8. The number of carbonyl (C=O) groups is 1. The zero-order valence-corrected chi connectivity index (χ0v) is 18.1. The first-order valence-electron chi connectivity index (χ1n) is 10.6. The van der Waals surface area contributed by atoms with E-state index in [1.165, 1.54) is 4.68 Å². The SMILES string of the molecule is COc1cccc(NC(=O)[C@H](C)n2nc(-c3ccc(C)cc3)c3c(c2=O)CCCC3)c1. The quantitative estimate of drug-likeness (QED) is 0.672. The Morgan fingerprint density at radius 2 is 1.81 bits per heavy atom. The number of anilines is 1. The summed E-state index contributed by atoms with van der Waals surface area (Å²) in [5.74, 6) is 0.352. The second-order valence-electron chi connectivity index (χ2n) is 8.03. The highest BCUT2D eigenvalue weighted by atomic mass is 16.5. The largest absolute Gasteiger partial charge is 0.497 e. The summed E-state index contributed by atoms with van der Waals surface area (Å²) in [6.45, 7) is 3.75. The standard InChI is InChI=1S/C25H27N3O3/c1-16-11-13-18(14-12-16)23-21-9-4-5-10-22(21)25(30)28(27-23)17(2)24(29)26-19-7-6-8-20(15-19)31-3/h6-8,11-15,17H,4-5,9-10H2,1-3H3,(H,26,29)/t17-/m0/s1. The first-order chi connectivity index (χ1) is 15.0. The smallest absolute Gasteiger partial charge is 0.271 e. The maximum absolute atomic E-state index is 13.3. The topological polar surface area (TPSA) is 73.2 Å². The van der Waals surface area contributed by atoms with Gasteiger partial charge in [-0.25, -0.2) is 4.68 Å². The maximum Gasteiger partial charge on any atom is 0.271 e. The lowest BCUT2D eigenvalue weighted by Gasteiger charge is -2.22. The number of fused-ring (bicyclic) bond motifs is 1. The van der Waals surface area contributed by atoms with Crippen molar-refractivity contribution in [3.05, 3.63) is 75.6 Å². The molecule has 1 aliphatic rings. The van der Waals surface area contributed by atoms with E-state index in [2.05, 4.69) is 5.32 Å². The number of ether oxygens (including phenoxy) is 1. The van der Waals surface area contributed by atoms with Crippen molar-refractivity contribution in [1.82, 2.24) is 9.78 Å². The lowest BCUT2D eigenvalue weighted by atomic mass is 9.89. The van der Waals surface area contributed by atoms with Crippen LogP contribution < -0.4 is 15.6 Å². The maximum atomic E-state index is 13.3. The van der Waals surface area contributed by atoms with Gasteiger partial charge in [-0.2, -0.15) is 5.10 Å². The molecule has 6 nitrogen and oxygen atoms in total. The van der Waals surface area contributed by atoms with Crippen LogP contribution in [0.1, 0.15) is 42.5 Å². The zero-order chi connectivity index (χ0) is 22.0. The second kappa shape index (κ2) is 8.76. The van der Waals surface area contributed by atoms with Gasteiger partial charge in [-0.15, -0.1) is 0 Å². The molecule has 1 amide bonds. The van der Waals surface area contributed by atoms with Gasteiger partial charge in [0.05, 0.1) is 12.8 Å². The number of amides is 1. The molecule has 1 aliphatic carbocycles. The fourth-order valence-electron chi connectivity index (χ4n) is 4.02. The average Bonchev–Trinajstić information content (AvgIpc) is 2.80. The summed E-state index contributed by atoms with van der Waals surface area (Å²) in [7, 11) is 1.58. The molecule has 2 aromatic carbocycles. The third-order valence-corrected chi connectivity index (χ3v) is 5.84. The van der Waals surface area contributed by atoms with Crippen LogP contribution >= 0.6 is 0 Å². The Morgan fingerprint density at radius 3 is 2.52 bits per heavy atom. The summed E-state index contributed by atoms with van der Waals surface area (Å²) in [4.78, 5) is 26.2. The van der Waals surface area contributed by atoms with E-state index in [0.717, 1.165) is 53.6 Å². The van der Waals surface area contributed by atoms with E-state index >= 15 is 0 Å². The van der Waals surface area contributed by atoms with Gasteiger partial charge in [0.25, 0.3) is 5.56 Å². The number of hydrogen-bond acceptors (Lipinski definition) is 4. The third kappa shape index (κ3) is 4.24. The van der Waals surface area contributed by atoms with Gasteiger partial charge >= 0.3 is 0 Å². The Kier molecular flexibility index (Phi) is 5.89. The van der Waals surface area contributed by atoms with Gasteiger partial charge in [0.15, 0.2) is 0 Å². The molecule has 4 rings (SSSR count). The van der Waals surface area contributed by atoms with Crippen LogP contribution in [0.5, 0.6) is 5.75 Å². The molecule has 1 heterocycles. The summed E-state index contributed by atoms with van der Waals surface area (Å²) in [5.41, 5.74) is 5.19. The molecule has 0 spiro atoms. The molecule has 160 valence electrons. The molecule has 6 heteroatoms. The number of benzene rings is 2. The van der Waals surface area contributed by atoms with Crippen LogP contribution in [0.3, 0.4) is 0 Å². The Morgan fingerprint density at radius 1 is 1.10 bits per heavy atom. The highest BCUT2D eigenvalue weighted by Crippen LogP contribution is 2.29. The van der Waals surface area contributed by atoms with E-state index in [1.54, 1.807) is 32.2 Å². The van der Waals surface area contributed by atoms with Crippen molar-refractivity contribution in [2.24, 2.45) is 0 Å². The molecule has 0 radical (unpaired) electrons. The Balaban J connectivity index is 1.73. The van der Waals surface area contributed by atoms with Crippen molar-refractivity contribution in [2.75, 3.05) is 12.4 Å². The molecule has 3 aromatic rings. The van der Waals surface area contributed by atoms with Crippen LogP contribution in [0, 0.1) is 6.92 Å². The van der Waals surface area contributed by atoms with Gasteiger partial charge in [-0.05, 0) is 57.2 Å². The van der Waals surface area contributed by atoms with Gasteiger partial charge in [-0.1, -0.05) is 35.9 Å². The van der Waals surface area contributed by atoms with Crippen molar-refractivity contribution < 1.29 is 9.53 Å². The molecule has 0 fully saturated rings. The van der Waals surface area contributed by atoms with Gasteiger partial charge in [-0.3, -0.25) is 9.59 Å². The Labute approximate surface area is 181 Å². The number of carbonyl (C=O) groups excluding carboxylic acids is 1. The van der Waals surface area contributed by atoms with E-state index in [9.17, 15) is 9.59 Å². The lowest BCUT2D eigenvalue weighted by Crippen LogP contribution is -2.37. The van der Waals surface area contributed by atoms with E-state index < -0.39 is 6.04 Å². The molecule has 31 heavy (non-hydrogen) atoms. The molecule has 0 aliphatic heterocycles. The van der Waals surface area contributed by atoms with Gasteiger partial charge in [0, 0.05) is 22.9 Å². The number of aryl methyl sites for hydroxylation is 1. The van der Waals surface area contributed by atoms with Crippen LogP contribution in [0.15, 0.2) is 53.3 Å². The molecule has 1 atom stereocenters. The van der Waals surface area contributed by atoms with E-state index in [1.807, 2.05) is 37.3 Å². The third-order valence-electron chi connectivity index (χ3n) is 5.84. The summed E-state index contributed by atoms with van der Waals surface area (Å²) < 4.78 is 6.56. The highest BCUT2D eigenvalue weighted by molar-refractivity contribution is 5.93. The number of methoxy groups -OCH3 is 1. The lowest BCUT2D eigenvalue weighted by molar-refractivity contribution is -0.119. The van der Waals surface area contributed by atoms with Crippen LogP contribution in [-0.2, 0) is 17.6 Å². The summed E-state index contributed by atoms with van der Waals surface area (Å²) in [6.07, 6.45) is 3.58. The minimum absolute atomic E-state index is 0.168. The fourth-order valence-corrected chi connectivity index (χ4v) is 4.02. The Hall–Kier alpha value is -3.41. The van der Waals surface area contributed by atoms with E-state index in [4.69, 9.17) is 9.84 Å². The van der Waals surface area contributed by atoms with Gasteiger partial charge < -0.3 is 10.1 Å². The van der Waals surface area contributed by atoms with Crippen molar-refractivity contribution in [1.29, 1.82) is 0 Å². The number of nitrogens with zero attached hydrogens (tertiary/aromatic N) is 2. The van der Waals surface area contributed by atoms with Crippen LogP contribution in [0.25, 0.3) is 11.3 Å². The molecular weight excluding hydrogens is 390 g/mol. The van der Waals surface area contributed by atoms with Gasteiger partial charge in [0.2, 0.25) is 5.91 Å². The van der Waals surface area contributed by atoms with Crippen molar-refractivity contribution in [3.8, 4) is 17.0 Å². The van der Waals surface area contributed by atoms with Crippen LogP contribution in [0.2, 0.25) is 0 Å². The van der Waals surface area contributed by atoms with Gasteiger partial charge in [0.1, 0.15) is 11.8 Å². The minimum atomic E-state index is -0.755. The van der Waals surface area contributed by atoms with Crippen molar-refractivity contribution >= 4 is 11.6 Å². The second-order valence-corrected chi connectivity index (χ2v) is 8.03. The molecule has 0 saturated carbocycles. The molecular formula is C25H27N3O3. The van der Waals surface area contributed by atoms with E-state index in [-0.39, 0.29) is 11.5 Å². The summed E-state index contributed by atoms with van der Waals surface area (Å²) >= 11 is 0. The zero-order valence-electron chi connectivity index (χ0n) is 18.1. The Bertz CT molecular complexity index is 1170. The number of nitrogens with one attached hydrogen (secondary N) is 1. The first-order valence-corrected chi connectivity index (χ1v) is 10.6. The molecule has 1 N–H and O–H groups in total. The minimum Gasteiger partial charge on any atom is -0.497 e. The van der Waals surface area contributed by atoms with E-state index in [0.29, 0.717) is 11.4 Å². The fraction of sp³-hybridized carbons (Fsp3) is 0.320. The van der Waals surface area contributed by atoms with Crippen molar-refractivity contribution in [3.63, 3.8) is 0 Å². The molecule has 0 unspecified atom stereocenters. The number of aromatic nitrogens is 2. The monoisotopic (exact) mass is 417 g/mol. The summed E-state index contributed by atoms with van der Waals surface area (Å²) in [5, 5.41) is 7.57. The predicted octanol–water partition coefficient (Wildman–Crippen LogP) is 4.31. The molecule has 0 saturated heterocycles. The number of hydrogen-bond donors (Lipinski definition) is 1. The van der Waals surface area contributed by atoms with Crippen LogP contribution in [0.4, 0.5) is 5.69 Å². The van der Waals surface area contributed by atoms with Crippen molar-refractivity contribution in [2.45, 2.75) is 45.6 Å². The molecule has 1 aromatic heterocycles. The predicted molar refractivity (Wildman–Crippen MR) is 122 cm³/mol.